The number of aromatic hydroxyl groups is 1. The van der Waals surface area contributed by atoms with Gasteiger partial charge in [0.15, 0.2) is 5.13 Å². The number of hydrogen-bond donors (Lipinski definition) is 2. The summed E-state index contributed by atoms with van der Waals surface area (Å²) in [5, 5.41) is 22.2. The van der Waals surface area contributed by atoms with Gasteiger partial charge in [-0.2, -0.15) is 0 Å². The third-order valence-electron chi connectivity index (χ3n) is 5.12. The Morgan fingerprint density at radius 2 is 2.30 bits per heavy atom. The minimum absolute atomic E-state index is 0.234. The van der Waals surface area contributed by atoms with Crippen LogP contribution in [0.5, 0.6) is 5.75 Å². The Labute approximate surface area is 138 Å². The monoisotopic (exact) mass is 330 g/mol. The number of nitrogens with zero attached hydrogens (tertiary/aromatic N) is 2. The Morgan fingerprint density at radius 1 is 1.48 bits per heavy atom. The third kappa shape index (κ3) is 2.28. The van der Waals surface area contributed by atoms with E-state index >= 15 is 0 Å². The Bertz CT molecular complexity index is 788. The van der Waals surface area contributed by atoms with E-state index in [1.165, 1.54) is 0 Å². The quantitative estimate of drug-likeness (QED) is 0.904. The predicted octanol–water partition coefficient (Wildman–Crippen LogP) is 3.13. The van der Waals surface area contributed by atoms with Gasteiger partial charge in [-0.1, -0.05) is 11.6 Å². The largest absolute Gasteiger partial charge is 0.507 e. The van der Waals surface area contributed by atoms with Gasteiger partial charge in [-0.05, 0) is 37.8 Å². The fraction of sp³-hybridized carbons (Fsp3) is 0.412. The smallest absolute Gasteiger partial charge is 0.310 e. The average molecular weight is 330 g/mol. The van der Waals surface area contributed by atoms with E-state index in [2.05, 4.69) is 9.88 Å². The fourth-order valence-corrected chi connectivity index (χ4v) is 4.41. The number of carboxylic acid groups (broad SMARTS) is 1. The lowest BCUT2D eigenvalue weighted by atomic mass is 9.96. The summed E-state index contributed by atoms with van der Waals surface area (Å²) in [6.45, 7) is 3.48. The van der Waals surface area contributed by atoms with Crippen LogP contribution in [0, 0.1) is 18.3 Å². The molecular formula is C17H18N2O3S. The number of piperidine rings is 1. The van der Waals surface area contributed by atoms with Crippen LogP contribution in [0.1, 0.15) is 18.4 Å². The van der Waals surface area contributed by atoms with Gasteiger partial charge < -0.3 is 15.1 Å². The van der Waals surface area contributed by atoms with Crippen LogP contribution >= 0.6 is 11.3 Å². The number of carboxylic acids is 1. The number of hydrogen-bond acceptors (Lipinski definition) is 5. The van der Waals surface area contributed by atoms with Crippen LogP contribution in [-0.2, 0) is 4.79 Å². The zero-order valence-electron chi connectivity index (χ0n) is 12.8. The number of thiazole rings is 1. The SMILES string of the molecule is Cc1ccc(O)c(-c2csc(N3CC[C@@]4(C(=O)O)C[C@H]4C3)n2)c1. The number of aryl methyl sites for hydroxylation is 1. The molecule has 2 aromatic rings. The van der Waals surface area contributed by atoms with Gasteiger partial charge in [0.2, 0.25) is 0 Å². The number of aromatic nitrogens is 1. The maximum Gasteiger partial charge on any atom is 0.310 e. The summed E-state index contributed by atoms with van der Waals surface area (Å²) in [6, 6.07) is 5.49. The number of anilines is 1. The van der Waals surface area contributed by atoms with Crippen LogP contribution in [0.4, 0.5) is 5.13 Å². The molecule has 1 saturated heterocycles. The molecule has 0 unspecified atom stereocenters. The molecule has 5 nitrogen and oxygen atoms in total. The molecule has 2 N–H and O–H groups in total. The summed E-state index contributed by atoms with van der Waals surface area (Å²) in [4.78, 5) is 18.2. The van der Waals surface area contributed by atoms with Crippen molar-refractivity contribution < 1.29 is 15.0 Å². The molecule has 0 amide bonds. The van der Waals surface area contributed by atoms with Gasteiger partial charge in [0.25, 0.3) is 0 Å². The highest BCUT2D eigenvalue weighted by molar-refractivity contribution is 7.14. The lowest BCUT2D eigenvalue weighted by Gasteiger charge is -2.29. The molecule has 1 aromatic carbocycles. The Balaban J connectivity index is 1.55. The molecule has 0 bridgehead atoms. The summed E-state index contributed by atoms with van der Waals surface area (Å²) in [5.41, 5.74) is 2.13. The lowest BCUT2D eigenvalue weighted by molar-refractivity contribution is -0.144. The molecule has 4 rings (SSSR count). The Hall–Kier alpha value is -2.08. The second-order valence-corrected chi connectivity index (χ2v) is 7.43. The van der Waals surface area contributed by atoms with Crippen molar-refractivity contribution in [3.8, 4) is 17.0 Å². The molecule has 6 heteroatoms. The molecule has 1 aliphatic carbocycles. The second-order valence-electron chi connectivity index (χ2n) is 6.59. The Morgan fingerprint density at radius 3 is 3.04 bits per heavy atom. The molecule has 23 heavy (non-hydrogen) atoms. The van der Waals surface area contributed by atoms with E-state index in [0.717, 1.165) is 41.5 Å². The topological polar surface area (TPSA) is 73.7 Å². The molecule has 1 aromatic heterocycles. The molecule has 2 atom stereocenters. The Kier molecular flexibility index (Phi) is 3.13. The van der Waals surface area contributed by atoms with Crippen LogP contribution < -0.4 is 4.90 Å². The number of benzene rings is 1. The normalized spacial score (nSPS) is 26.0. The maximum absolute atomic E-state index is 11.4. The molecule has 1 aliphatic heterocycles. The molecule has 2 heterocycles. The molecule has 0 radical (unpaired) electrons. The standard InChI is InChI=1S/C17H18N2O3S/c1-10-2-3-14(20)12(6-10)13-9-23-16(18-13)19-5-4-17(15(21)22)7-11(17)8-19/h2-3,6,9,11,20H,4-5,7-8H2,1H3,(H,21,22)/t11-,17+/m0/s1. The molecule has 0 spiro atoms. The van der Waals surface area contributed by atoms with E-state index in [9.17, 15) is 15.0 Å². The van der Waals surface area contributed by atoms with Gasteiger partial charge in [0.1, 0.15) is 5.75 Å². The fourth-order valence-electron chi connectivity index (χ4n) is 3.55. The zero-order valence-corrected chi connectivity index (χ0v) is 13.6. The van der Waals surface area contributed by atoms with Crippen LogP contribution in [-0.4, -0.2) is 34.3 Å². The number of rotatable bonds is 3. The van der Waals surface area contributed by atoms with E-state index in [-0.39, 0.29) is 11.7 Å². The number of fused-ring (bicyclic) bond motifs is 1. The van der Waals surface area contributed by atoms with Crippen molar-refractivity contribution in [1.29, 1.82) is 0 Å². The van der Waals surface area contributed by atoms with Gasteiger partial charge in [0.05, 0.1) is 11.1 Å². The van der Waals surface area contributed by atoms with E-state index in [1.54, 1.807) is 17.4 Å². The molecule has 2 aliphatic rings. The van der Waals surface area contributed by atoms with Gasteiger partial charge in [0, 0.05) is 24.0 Å². The van der Waals surface area contributed by atoms with E-state index in [1.807, 2.05) is 24.4 Å². The summed E-state index contributed by atoms with van der Waals surface area (Å²) in [6.07, 6.45) is 1.48. The third-order valence-corrected chi connectivity index (χ3v) is 6.02. The van der Waals surface area contributed by atoms with E-state index < -0.39 is 11.4 Å². The summed E-state index contributed by atoms with van der Waals surface area (Å²) < 4.78 is 0. The van der Waals surface area contributed by atoms with Gasteiger partial charge in [-0.15, -0.1) is 11.3 Å². The predicted molar refractivity (Wildman–Crippen MR) is 89.0 cm³/mol. The summed E-state index contributed by atoms with van der Waals surface area (Å²) >= 11 is 1.55. The number of carbonyl (C=O) groups is 1. The van der Waals surface area contributed by atoms with Crippen LogP contribution in [0.15, 0.2) is 23.6 Å². The van der Waals surface area contributed by atoms with Crippen molar-refractivity contribution in [3.05, 3.63) is 29.1 Å². The van der Waals surface area contributed by atoms with Crippen LogP contribution in [0.2, 0.25) is 0 Å². The first-order valence-corrected chi connectivity index (χ1v) is 8.61. The second kappa shape index (κ2) is 4.96. The van der Waals surface area contributed by atoms with Crippen molar-refractivity contribution in [2.24, 2.45) is 11.3 Å². The molecule has 120 valence electrons. The number of phenols is 1. The number of phenolic OH excluding ortho intramolecular Hbond substituents is 1. The van der Waals surface area contributed by atoms with Gasteiger partial charge >= 0.3 is 5.97 Å². The summed E-state index contributed by atoms with van der Waals surface area (Å²) in [7, 11) is 0. The molecular weight excluding hydrogens is 312 g/mol. The zero-order chi connectivity index (χ0) is 16.2. The average Bonchev–Trinajstić information content (AvgIpc) is 3.08. The highest BCUT2D eigenvalue weighted by Gasteiger charge is 2.62. The highest BCUT2D eigenvalue weighted by atomic mass is 32.1. The minimum atomic E-state index is -0.647. The molecule has 2 fully saturated rings. The number of aliphatic carboxylic acids is 1. The van der Waals surface area contributed by atoms with Crippen molar-refractivity contribution >= 4 is 22.4 Å². The summed E-state index contributed by atoms with van der Waals surface area (Å²) in [5.74, 6) is -0.168. The first kappa shape index (κ1) is 14.5. The van der Waals surface area contributed by atoms with Crippen molar-refractivity contribution in [3.63, 3.8) is 0 Å². The van der Waals surface area contributed by atoms with E-state index in [4.69, 9.17) is 0 Å². The van der Waals surface area contributed by atoms with Gasteiger partial charge in [-0.25, -0.2) is 4.98 Å². The lowest BCUT2D eigenvalue weighted by Crippen LogP contribution is -2.37. The van der Waals surface area contributed by atoms with Gasteiger partial charge in [-0.3, -0.25) is 4.79 Å². The van der Waals surface area contributed by atoms with Crippen molar-refractivity contribution in [2.45, 2.75) is 19.8 Å². The van der Waals surface area contributed by atoms with Crippen LogP contribution in [0.25, 0.3) is 11.3 Å². The van der Waals surface area contributed by atoms with E-state index in [0.29, 0.717) is 6.42 Å². The minimum Gasteiger partial charge on any atom is -0.507 e. The van der Waals surface area contributed by atoms with Crippen molar-refractivity contribution in [2.75, 3.05) is 18.0 Å². The maximum atomic E-state index is 11.4. The first-order valence-electron chi connectivity index (χ1n) is 7.73. The molecule has 1 saturated carbocycles. The van der Waals surface area contributed by atoms with Crippen molar-refractivity contribution in [1.82, 2.24) is 4.98 Å². The highest BCUT2D eigenvalue weighted by Crippen LogP contribution is 2.58. The van der Waals surface area contributed by atoms with Crippen LogP contribution in [0.3, 0.4) is 0 Å². The first-order chi connectivity index (χ1) is 11.0.